The van der Waals surface area contributed by atoms with Gasteiger partial charge in [0.25, 0.3) is 0 Å². The molecule has 0 heterocycles. The molecule has 0 amide bonds. The van der Waals surface area contributed by atoms with Gasteiger partial charge in [0.15, 0.2) is 0 Å². The van der Waals surface area contributed by atoms with E-state index in [0.717, 1.165) is 17.8 Å². The normalized spacial score (nSPS) is 45.4. The molecule has 0 saturated heterocycles. The van der Waals surface area contributed by atoms with Crippen LogP contribution in [0.5, 0.6) is 0 Å². The lowest BCUT2D eigenvalue weighted by Crippen LogP contribution is -2.35. The highest BCUT2D eigenvalue weighted by molar-refractivity contribution is 4.96. The van der Waals surface area contributed by atoms with Crippen molar-refractivity contribution < 1.29 is 0 Å². The van der Waals surface area contributed by atoms with E-state index in [1.54, 1.807) is 0 Å². The lowest BCUT2D eigenvalue weighted by atomic mass is 9.61. The van der Waals surface area contributed by atoms with Gasteiger partial charge in [-0.15, -0.1) is 6.58 Å². The molecule has 0 radical (unpaired) electrons. The van der Waals surface area contributed by atoms with E-state index in [0.29, 0.717) is 0 Å². The van der Waals surface area contributed by atoms with Crippen LogP contribution in [-0.4, -0.2) is 0 Å². The van der Waals surface area contributed by atoms with E-state index in [1.165, 1.54) is 32.1 Å². The number of hydrogen-bond acceptors (Lipinski definition) is 0. The summed E-state index contributed by atoms with van der Waals surface area (Å²) in [5, 5.41) is 0. The maximum absolute atomic E-state index is 3.90. The monoisotopic (exact) mass is 136 g/mol. The third kappa shape index (κ3) is 0.817. The molecule has 3 atom stereocenters. The zero-order valence-corrected chi connectivity index (χ0v) is 6.55. The largest absolute Gasteiger partial charge is 0.103 e. The van der Waals surface area contributed by atoms with Crippen LogP contribution in [0.25, 0.3) is 0 Å². The molecule has 0 aromatic carbocycles. The Kier molecular flexibility index (Phi) is 1.55. The highest BCUT2D eigenvalue weighted by Gasteiger charge is 2.37. The van der Waals surface area contributed by atoms with Gasteiger partial charge in [0.05, 0.1) is 0 Å². The van der Waals surface area contributed by atoms with Crippen LogP contribution in [0.3, 0.4) is 0 Å². The quantitative estimate of drug-likeness (QED) is 0.486. The molecule has 0 aliphatic heterocycles. The van der Waals surface area contributed by atoms with E-state index in [4.69, 9.17) is 0 Å². The molecule has 56 valence electrons. The van der Waals surface area contributed by atoms with Crippen molar-refractivity contribution in [3.05, 3.63) is 12.7 Å². The van der Waals surface area contributed by atoms with Gasteiger partial charge in [0.1, 0.15) is 0 Å². The number of hydrogen-bond donors (Lipinski definition) is 0. The summed E-state index contributed by atoms with van der Waals surface area (Å²) in [5.74, 6) is 3.02. The molecule has 10 heavy (non-hydrogen) atoms. The average Bonchev–Trinajstić information content (AvgIpc) is 1.91. The molecule has 2 saturated carbocycles. The molecule has 2 fully saturated rings. The van der Waals surface area contributed by atoms with Gasteiger partial charge in [-0.05, 0) is 37.0 Å². The molecule has 0 aromatic rings. The second kappa shape index (κ2) is 2.41. The van der Waals surface area contributed by atoms with Crippen LogP contribution in [0, 0.1) is 17.8 Å². The minimum absolute atomic E-state index is 0.882. The Morgan fingerprint density at radius 2 is 2.00 bits per heavy atom. The van der Waals surface area contributed by atoms with Gasteiger partial charge in [0.2, 0.25) is 0 Å². The van der Waals surface area contributed by atoms with Gasteiger partial charge >= 0.3 is 0 Å². The van der Waals surface area contributed by atoms with Crippen LogP contribution in [0.2, 0.25) is 0 Å². The first kappa shape index (κ1) is 6.45. The van der Waals surface area contributed by atoms with E-state index < -0.39 is 0 Å². The van der Waals surface area contributed by atoms with Crippen molar-refractivity contribution in [3.8, 4) is 0 Å². The minimum atomic E-state index is 0.882. The lowest BCUT2D eigenvalue weighted by molar-refractivity contribution is 0.0762. The summed E-state index contributed by atoms with van der Waals surface area (Å²) in [4.78, 5) is 0. The fraction of sp³-hybridized carbons (Fsp3) is 0.800. The Hall–Kier alpha value is -0.260. The van der Waals surface area contributed by atoms with E-state index >= 15 is 0 Å². The predicted octanol–water partition coefficient (Wildman–Crippen LogP) is 3.00. The molecule has 0 heteroatoms. The molecule has 0 aromatic heterocycles. The van der Waals surface area contributed by atoms with Crippen molar-refractivity contribution in [3.63, 3.8) is 0 Å². The molecule has 0 nitrogen and oxygen atoms in total. The van der Waals surface area contributed by atoms with Crippen molar-refractivity contribution >= 4 is 0 Å². The summed E-state index contributed by atoms with van der Waals surface area (Å²) < 4.78 is 0. The Morgan fingerprint density at radius 1 is 1.10 bits per heavy atom. The smallest absolute Gasteiger partial charge is 0.0205 e. The van der Waals surface area contributed by atoms with Crippen molar-refractivity contribution in [1.82, 2.24) is 0 Å². The van der Waals surface area contributed by atoms with Gasteiger partial charge in [-0.3, -0.25) is 0 Å². The summed E-state index contributed by atoms with van der Waals surface area (Å²) in [6.45, 7) is 3.90. The predicted molar refractivity (Wildman–Crippen MR) is 43.8 cm³/mol. The molecule has 0 N–H and O–H groups in total. The molecular weight excluding hydrogens is 120 g/mol. The van der Waals surface area contributed by atoms with Crippen LogP contribution >= 0.6 is 0 Å². The van der Waals surface area contributed by atoms with Crippen molar-refractivity contribution in [2.75, 3.05) is 0 Å². The standard InChI is InChI=1S/C10H16/c1-2-8-4-3-5-9-6-7-10(8)9/h2,8-10H,1,3-7H2. The van der Waals surface area contributed by atoms with Crippen molar-refractivity contribution in [2.45, 2.75) is 32.1 Å². The first-order valence-electron chi connectivity index (χ1n) is 4.54. The number of rotatable bonds is 1. The second-order valence-corrected chi connectivity index (χ2v) is 3.83. The zero-order chi connectivity index (χ0) is 6.97. The number of allylic oxidation sites excluding steroid dienone is 1. The third-order valence-electron chi connectivity index (χ3n) is 3.44. The van der Waals surface area contributed by atoms with Crippen LogP contribution in [0.1, 0.15) is 32.1 Å². The number of fused-ring (bicyclic) bond motifs is 1. The maximum atomic E-state index is 3.90. The molecular formula is C10H16. The molecule has 0 bridgehead atoms. The Labute approximate surface area is 63.3 Å². The summed E-state index contributed by atoms with van der Waals surface area (Å²) >= 11 is 0. The van der Waals surface area contributed by atoms with Crippen LogP contribution < -0.4 is 0 Å². The van der Waals surface area contributed by atoms with E-state index in [1.807, 2.05) is 0 Å². The van der Waals surface area contributed by atoms with Crippen LogP contribution in [0.4, 0.5) is 0 Å². The van der Waals surface area contributed by atoms with E-state index in [9.17, 15) is 0 Å². The van der Waals surface area contributed by atoms with Crippen molar-refractivity contribution in [1.29, 1.82) is 0 Å². The topological polar surface area (TPSA) is 0 Å². The first-order chi connectivity index (χ1) is 4.92. The molecule has 2 aliphatic carbocycles. The lowest BCUT2D eigenvalue weighted by Gasteiger charge is -2.45. The minimum Gasteiger partial charge on any atom is -0.103 e. The zero-order valence-electron chi connectivity index (χ0n) is 6.55. The molecule has 3 unspecified atom stereocenters. The molecule has 2 aliphatic rings. The fourth-order valence-electron chi connectivity index (χ4n) is 2.64. The highest BCUT2D eigenvalue weighted by Crippen LogP contribution is 2.48. The first-order valence-corrected chi connectivity index (χ1v) is 4.54. The van der Waals surface area contributed by atoms with E-state index in [2.05, 4.69) is 12.7 Å². The van der Waals surface area contributed by atoms with Gasteiger partial charge in [-0.2, -0.15) is 0 Å². The van der Waals surface area contributed by atoms with Gasteiger partial charge in [-0.25, -0.2) is 0 Å². The third-order valence-corrected chi connectivity index (χ3v) is 3.44. The Bertz CT molecular complexity index is 137. The molecule has 2 rings (SSSR count). The van der Waals surface area contributed by atoms with E-state index in [-0.39, 0.29) is 0 Å². The SMILES string of the molecule is C=CC1CCCC2CCC12. The Balaban J connectivity index is 2.00. The molecule has 0 spiro atoms. The van der Waals surface area contributed by atoms with Crippen LogP contribution in [-0.2, 0) is 0 Å². The average molecular weight is 136 g/mol. The summed E-state index contributed by atoms with van der Waals surface area (Å²) in [5.41, 5.74) is 0. The highest BCUT2D eigenvalue weighted by atomic mass is 14.4. The fourth-order valence-corrected chi connectivity index (χ4v) is 2.64. The Morgan fingerprint density at radius 3 is 2.50 bits per heavy atom. The summed E-state index contributed by atoms with van der Waals surface area (Å²) in [6.07, 6.45) is 9.57. The van der Waals surface area contributed by atoms with Gasteiger partial charge in [-0.1, -0.05) is 18.9 Å². The van der Waals surface area contributed by atoms with Gasteiger partial charge < -0.3 is 0 Å². The van der Waals surface area contributed by atoms with Crippen LogP contribution in [0.15, 0.2) is 12.7 Å². The maximum Gasteiger partial charge on any atom is -0.0205 e. The second-order valence-electron chi connectivity index (χ2n) is 3.83. The van der Waals surface area contributed by atoms with Gasteiger partial charge in [0, 0.05) is 0 Å². The summed E-state index contributed by atoms with van der Waals surface area (Å²) in [7, 11) is 0. The van der Waals surface area contributed by atoms with Crippen molar-refractivity contribution in [2.24, 2.45) is 17.8 Å². The summed E-state index contributed by atoms with van der Waals surface area (Å²) in [6, 6.07) is 0.